The maximum atomic E-state index is 6.20. The number of methoxy groups -OCH3 is 1. The number of nitrogens with zero attached hydrogens (tertiary/aromatic N) is 1. The standard InChI is InChI=1S/C16H19ClN2O/c1-11-4-6-13(9-14(11)17)15(18-2)8-12-5-7-16(20-3)19-10-12/h4-7,9-10,15,18H,8H2,1-3H3. The SMILES string of the molecule is CNC(Cc1ccc(OC)nc1)c1ccc(C)c(Cl)c1. The Bertz CT molecular complexity index is 569. The van der Waals surface area contributed by atoms with Gasteiger partial charge in [-0.2, -0.15) is 0 Å². The van der Waals surface area contributed by atoms with Crippen LogP contribution in [0.4, 0.5) is 0 Å². The first-order valence-electron chi connectivity index (χ1n) is 6.56. The molecule has 20 heavy (non-hydrogen) atoms. The molecule has 0 bridgehead atoms. The normalized spacial score (nSPS) is 12.2. The fourth-order valence-corrected chi connectivity index (χ4v) is 2.29. The molecule has 1 N–H and O–H groups in total. The molecular formula is C16H19ClN2O. The number of hydrogen-bond acceptors (Lipinski definition) is 3. The van der Waals surface area contributed by atoms with Crippen molar-refractivity contribution in [2.75, 3.05) is 14.2 Å². The zero-order chi connectivity index (χ0) is 14.5. The number of hydrogen-bond donors (Lipinski definition) is 1. The van der Waals surface area contributed by atoms with Crippen molar-refractivity contribution >= 4 is 11.6 Å². The first-order valence-corrected chi connectivity index (χ1v) is 6.94. The van der Waals surface area contributed by atoms with E-state index in [0.717, 1.165) is 22.6 Å². The molecule has 0 spiro atoms. The molecule has 3 nitrogen and oxygen atoms in total. The van der Waals surface area contributed by atoms with E-state index in [9.17, 15) is 0 Å². The molecule has 4 heteroatoms. The Balaban J connectivity index is 2.16. The van der Waals surface area contributed by atoms with Crippen LogP contribution in [0, 0.1) is 6.92 Å². The Labute approximate surface area is 124 Å². The predicted octanol–water partition coefficient (Wildman–Crippen LogP) is 3.56. The van der Waals surface area contributed by atoms with E-state index in [2.05, 4.69) is 16.4 Å². The average molecular weight is 291 g/mol. The summed E-state index contributed by atoms with van der Waals surface area (Å²) in [6, 6.07) is 10.3. The van der Waals surface area contributed by atoms with Crippen LogP contribution in [0.3, 0.4) is 0 Å². The number of halogens is 1. The number of benzene rings is 1. The fourth-order valence-electron chi connectivity index (χ4n) is 2.10. The molecule has 0 aliphatic carbocycles. The third-order valence-corrected chi connectivity index (χ3v) is 3.80. The fraction of sp³-hybridized carbons (Fsp3) is 0.312. The highest BCUT2D eigenvalue weighted by molar-refractivity contribution is 6.31. The van der Waals surface area contributed by atoms with E-state index >= 15 is 0 Å². The first kappa shape index (κ1) is 14.8. The van der Waals surface area contributed by atoms with Gasteiger partial charge in [0.1, 0.15) is 0 Å². The van der Waals surface area contributed by atoms with E-state index in [-0.39, 0.29) is 6.04 Å². The van der Waals surface area contributed by atoms with Gasteiger partial charge in [-0.25, -0.2) is 4.98 Å². The maximum Gasteiger partial charge on any atom is 0.212 e. The summed E-state index contributed by atoms with van der Waals surface area (Å²) < 4.78 is 5.07. The van der Waals surface area contributed by atoms with Crippen LogP contribution in [0.2, 0.25) is 5.02 Å². The summed E-state index contributed by atoms with van der Waals surface area (Å²) in [6.07, 6.45) is 2.70. The quantitative estimate of drug-likeness (QED) is 0.914. The molecule has 1 unspecified atom stereocenters. The number of likely N-dealkylation sites (N-methyl/N-ethyl adjacent to an activating group) is 1. The zero-order valence-corrected chi connectivity index (χ0v) is 12.7. The van der Waals surface area contributed by atoms with Crippen molar-refractivity contribution in [2.45, 2.75) is 19.4 Å². The summed E-state index contributed by atoms with van der Waals surface area (Å²) in [4.78, 5) is 4.23. The van der Waals surface area contributed by atoms with Gasteiger partial charge in [0.2, 0.25) is 5.88 Å². The number of nitrogens with one attached hydrogen (secondary N) is 1. The van der Waals surface area contributed by atoms with Gasteiger partial charge in [0.15, 0.2) is 0 Å². The average Bonchev–Trinajstić information content (AvgIpc) is 2.48. The van der Waals surface area contributed by atoms with Gasteiger partial charge < -0.3 is 10.1 Å². The summed E-state index contributed by atoms with van der Waals surface area (Å²) in [5.41, 5.74) is 3.43. The van der Waals surface area contributed by atoms with Crippen molar-refractivity contribution in [1.82, 2.24) is 10.3 Å². The predicted molar refractivity (Wildman–Crippen MR) is 82.5 cm³/mol. The van der Waals surface area contributed by atoms with Crippen LogP contribution in [-0.4, -0.2) is 19.1 Å². The Kier molecular flexibility index (Phi) is 4.99. The van der Waals surface area contributed by atoms with Crippen molar-refractivity contribution in [3.8, 4) is 5.88 Å². The van der Waals surface area contributed by atoms with Crippen molar-refractivity contribution in [1.29, 1.82) is 0 Å². The molecule has 0 saturated heterocycles. The van der Waals surface area contributed by atoms with Crippen LogP contribution in [0.25, 0.3) is 0 Å². The number of aromatic nitrogens is 1. The molecule has 0 saturated carbocycles. The van der Waals surface area contributed by atoms with Gasteiger partial charge in [0, 0.05) is 23.3 Å². The highest BCUT2D eigenvalue weighted by Crippen LogP contribution is 2.24. The van der Waals surface area contributed by atoms with Crippen molar-refractivity contribution in [3.63, 3.8) is 0 Å². The molecule has 0 fully saturated rings. The topological polar surface area (TPSA) is 34.1 Å². The third kappa shape index (κ3) is 3.50. The van der Waals surface area contributed by atoms with Crippen LogP contribution >= 0.6 is 11.6 Å². The lowest BCUT2D eigenvalue weighted by Gasteiger charge is -2.17. The monoisotopic (exact) mass is 290 g/mol. The molecule has 0 aliphatic heterocycles. The zero-order valence-electron chi connectivity index (χ0n) is 12.0. The van der Waals surface area contributed by atoms with Gasteiger partial charge in [0.25, 0.3) is 0 Å². The van der Waals surface area contributed by atoms with Gasteiger partial charge in [0.05, 0.1) is 7.11 Å². The minimum atomic E-state index is 0.211. The minimum absolute atomic E-state index is 0.211. The molecule has 1 aromatic heterocycles. The van der Waals surface area contributed by atoms with Crippen LogP contribution in [-0.2, 0) is 6.42 Å². The second-order valence-electron chi connectivity index (χ2n) is 4.76. The van der Waals surface area contributed by atoms with E-state index in [1.807, 2.05) is 44.4 Å². The van der Waals surface area contributed by atoms with Crippen molar-refractivity contribution < 1.29 is 4.74 Å². The van der Waals surface area contributed by atoms with Crippen molar-refractivity contribution in [3.05, 3.63) is 58.2 Å². The molecule has 0 aliphatic rings. The first-order chi connectivity index (χ1) is 9.63. The molecule has 2 rings (SSSR count). The van der Waals surface area contributed by atoms with Crippen molar-refractivity contribution in [2.24, 2.45) is 0 Å². The lowest BCUT2D eigenvalue weighted by atomic mass is 9.99. The largest absolute Gasteiger partial charge is 0.481 e. The Morgan fingerprint density at radius 3 is 2.65 bits per heavy atom. The molecule has 2 aromatic rings. The third-order valence-electron chi connectivity index (χ3n) is 3.39. The highest BCUT2D eigenvalue weighted by atomic mass is 35.5. The van der Waals surface area contributed by atoms with Crippen LogP contribution < -0.4 is 10.1 Å². The molecule has 1 heterocycles. The number of aryl methyl sites for hydroxylation is 1. The number of ether oxygens (including phenoxy) is 1. The molecule has 0 amide bonds. The summed E-state index contributed by atoms with van der Waals surface area (Å²) in [6.45, 7) is 2.01. The molecule has 1 atom stereocenters. The number of rotatable bonds is 5. The smallest absolute Gasteiger partial charge is 0.212 e. The lowest BCUT2D eigenvalue weighted by Crippen LogP contribution is -2.19. The lowest BCUT2D eigenvalue weighted by molar-refractivity contribution is 0.397. The van der Waals surface area contributed by atoms with E-state index in [1.54, 1.807) is 7.11 Å². The summed E-state index contributed by atoms with van der Waals surface area (Å²) in [5, 5.41) is 4.13. The second-order valence-corrected chi connectivity index (χ2v) is 5.17. The van der Waals surface area contributed by atoms with E-state index in [1.165, 1.54) is 5.56 Å². The molecule has 106 valence electrons. The van der Waals surface area contributed by atoms with Gasteiger partial charge >= 0.3 is 0 Å². The maximum absolute atomic E-state index is 6.20. The van der Waals surface area contributed by atoms with Gasteiger partial charge in [-0.3, -0.25) is 0 Å². The second kappa shape index (κ2) is 6.73. The Morgan fingerprint density at radius 1 is 1.30 bits per heavy atom. The summed E-state index contributed by atoms with van der Waals surface area (Å²) in [5.74, 6) is 0.633. The highest BCUT2D eigenvalue weighted by Gasteiger charge is 2.11. The van der Waals surface area contributed by atoms with Gasteiger partial charge in [-0.05, 0) is 43.1 Å². The van der Waals surface area contributed by atoms with E-state index in [4.69, 9.17) is 16.3 Å². The van der Waals surface area contributed by atoms with Crippen LogP contribution in [0.1, 0.15) is 22.7 Å². The molecule has 0 radical (unpaired) electrons. The van der Waals surface area contributed by atoms with E-state index < -0.39 is 0 Å². The molecular weight excluding hydrogens is 272 g/mol. The van der Waals surface area contributed by atoms with E-state index in [0.29, 0.717) is 5.88 Å². The van der Waals surface area contributed by atoms with Gasteiger partial charge in [-0.15, -0.1) is 0 Å². The number of pyridine rings is 1. The molecule has 1 aromatic carbocycles. The Hall–Kier alpha value is -1.58. The van der Waals surface area contributed by atoms with Crippen LogP contribution in [0.5, 0.6) is 5.88 Å². The van der Waals surface area contributed by atoms with Gasteiger partial charge in [-0.1, -0.05) is 29.8 Å². The Morgan fingerprint density at radius 2 is 2.10 bits per heavy atom. The summed E-state index contributed by atoms with van der Waals surface area (Å²) >= 11 is 6.20. The summed E-state index contributed by atoms with van der Waals surface area (Å²) in [7, 11) is 3.57. The van der Waals surface area contributed by atoms with Crippen LogP contribution in [0.15, 0.2) is 36.5 Å². The minimum Gasteiger partial charge on any atom is -0.481 e.